The van der Waals surface area contributed by atoms with Gasteiger partial charge in [0.05, 0.1) is 24.7 Å². The number of benzene rings is 1. The van der Waals surface area contributed by atoms with Gasteiger partial charge in [0.1, 0.15) is 0 Å². The number of aliphatic hydroxyl groups excluding tert-OH is 1. The lowest BCUT2D eigenvalue weighted by atomic mass is 9.77. The van der Waals surface area contributed by atoms with E-state index in [9.17, 15) is 26.7 Å². The Kier molecular flexibility index (Phi) is 6.67. The van der Waals surface area contributed by atoms with Crippen LogP contribution in [0.1, 0.15) is 25.3 Å². The van der Waals surface area contributed by atoms with Crippen LogP contribution < -0.4 is 0 Å². The quantitative estimate of drug-likeness (QED) is 0.432. The lowest BCUT2D eigenvalue weighted by Gasteiger charge is -2.43. The average Bonchev–Trinajstić information content (AvgIpc) is 2.59. The Morgan fingerprint density at radius 3 is 2.50 bits per heavy atom. The molecule has 148 valence electrons. The lowest BCUT2D eigenvalue weighted by molar-refractivity contribution is -0.238. The van der Waals surface area contributed by atoms with Crippen LogP contribution in [0.2, 0.25) is 0 Å². The van der Waals surface area contributed by atoms with E-state index in [4.69, 9.17) is 9.47 Å². The lowest BCUT2D eigenvalue weighted by Crippen LogP contribution is -2.53. The molecule has 1 saturated heterocycles. The van der Waals surface area contributed by atoms with Crippen molar-refractivity contribution in [3.05, 3.63) is 35.9 Å². The highest BCUT2D eigenvalue weighted by molar-refractivity contribution is 7.87. The molecule has 3 unspecified atom stereocenters. The van der Waals surface area contributed by atoms with Crippen molar-refractivity contribution in [1.82, 2.24) is 0 Å². The van der Waals surface area contributed by atoms with E-state index < -0.39 is 33.4 Å². The second-order valence-corrected chi connectivity index (χ2v) is 7.74. The molecule has 26 heavy (non-hydrogen) atoms. The highest BCUT2D eigenvalue weighted by Gasteiger charge is 2.53. The van der Waals surface area contributed by atoms with Gasteiger partial charge >= 0.3 is 15.6 Å². The van der Waals surface area contributed by atoms with Crippen LogP contribution >= 0.6 is 0 Å². The number of aliphatic hydroxyl groups is 1. The molecule has 1 aliphatic rings. The summed E-state index contributed by atoms with van der Waals surface area (Å²) in [7, 11) is -5.81. The molecule has 2 rings (SSSR count). The molecular weight excluding hydrogens is 377 g/mol. The number of rotatable bonds is 7. The Bertz CT molecular complexity index is 671. The highest BCUT2D eigenvalue weighted by atomic mass is 32.2. The predicted molar refractivity (Wildman–Crippen MR) is 85.2 cm³/mol. The second-order valence-electron chi connectivity index (χ2n) is 6.18. The van der Waals surface area contributed by atoms with E-state index in [1.807, 2.05) is 0 Å². The van der Waals surface area contributed by atoms with E-state index in [1.54, 1.807) is 30.3 Å². The summed E-state index contributed by atoms with van der Waals surface area (Å²) in [5.74, 6) is 0. The van der Waals surface area contributed by atoms with Gasteiger partial charge in [0, 0.05) is 6.61 Å². The molecule has 10 heteroatoms. The van der Waals surface area contributed by atoms with Gasteiger partial charge in [-0.1, -0.05) is 30.3 Å². The fourth-order valence-corrected chi connectivity index (χ4v) is 3.49. The molecule has 1 aliphatic heterocycles. The van der Waals surface area contributed by atoms with E-state index in [1.165, 1.54) is 0 Å². The minimum Gasteiger partial charge on any atom is -0.381 e. The Hall–Kier alpha value is -1.20. The van der Waals surface area contributed by atoms with E-state index in [0.717, 1.165) is 12.5 Å². The third-order valence-electron chi connectivity index (χ3n) is 4.41. The summed E-state index contributed by atoms with van der Waals surface area (Å²) < 4.78 is 75.6. The minimum absolute atomic E-state index is 0.00248. The summed E-state index contributed by atoms with van der Waals surface area (Å²) in [4.78, 5) is 0. The van der Waals surface area contributed by atoms with Crippen LogP contribution in [-0.4, -0.2) is 44.6 Å². The number of hydrogen-bond acceptors (Lipinski definition) is 6. The Balaban J connectivity index is 2.15. The van der Waals surface area contributed by atoms with Crippen molar-refractivity contribution in [3.63, 3.8) is 0 Å². The van der Waals surface area contributed by atoms with Crippen molar-refractivity contribution in [2.24, 2.45) is 5.41 Å². The third kappa shape index (κ3) is 4.74. The van der Waals surface area contributed by atoms with Crippen molar-refractivity contribution in [1.29, 1.82) is 0 Å². The molecule has 0 amide bonds. The number of halogens is 3. The fourth-order valence-electron chi connectivity index (χ4n) is 2.81. The fraction of sp³-hybridized carbons (Fsp3) is 0.625. The van der Waals surface area contributed by atoms with Gasteiger partial charge in [0.15, 0.2) is 6.29 Å². The Morgan fingerprint density at radius 2 is 1.96 bits per heavy atom. The first kappa shape index (κ1) is 21.1. The second kappa shape index (κ2) is 8.22. The topological polar surface area (TPSA) is 82.1 Å². The van der Waals surface area contributed by atoms with Crippen molar-refractivity contribution < 1.29 is 40.4 Å². The van der Waals surface area contributed by atoms with E-state index in [2.05, 4.69) is 4.18 Å². The van der Waals surface area contributed by atoms with Gasteiger partial charge in [-0.3, -0.25) is 4.18 Å². The summed E-state index contributed by atoms with van der Waals surface area (Å²) >= 11 is 0. The zero-order chi connectivity index (χ0) is 19.4. The minimum atomic E-state index is -5.81. The van der Waals surface area contributed by atoms with Crippen molar-refractivity contribution in [3.8, 4) is 0 Å². The molecule has 6 nitrogen and oxygen atoms in total. The molecule has 0 aromatic heterocycles. The molecule has 3 atom stereocenters. The van der Waals surface area contributed by atoms with Crippen LogP contribution in [0.3, 0.4) is 0 Å². The molecule has 0 radical (unpaired) electrons. The van der Waals surface area contributed by atoms with Crippen LogP contribution in [0, 0.1) is 5.41 Å². The van der Waals surface area contributed by atoms with Crippen molar-refractivity contribution in [2.45, 2.75) is 44.3 Å². The molecule has 0 aliphatic carbocycles. The molecular formula is C16H21F3O6S. The number of hydrogen-bond donors (Lipinski definition) is 1. The van der Waals surface area contributed by atoms with Gasteiger partial charge in [-0.25, -0.2) is 0 Å². The van der Waals surface area contributed by atoms with Crippen LogP contribution in [0.25, 0.3) is 0 Å². The molecule has 1 fully saturated rings. The summed E-state index contributed by atoms with van der Waals surface area (Å²) in [5.41, 5.74) is -6.24. The zero-order valence-electron chi connectivity index (χ0n) is 14.1. The average molecular weight is 398 g/mol. The predicted octanol–water partition coefficient (Wildman–Crippen LogP) is 2.57. The molecule has 0 saturated carbocycles. The van der Waals surface area contributed by atoms with Crippen LogP contribution in [0.5, 0.6) is 0 Å². The summed E-state index contributed by atoms with van der Waals surface area (Å²) in [6, 6.07) is 8.85. The summed E-state index contributed by atoms with van der Waals surface area (Å²) in [5, 5.41) is 10.5. The maximum atomic E-state index is 12.6. The highest BCUT2D eigenvalue weighted by Crippen LogP contribution is 2.40. The molecule has 1 N–H and O–H groups in total. The van der Waals surface area contributed by atoms with Crippen molar-refractivity contribution >= 4 is 10.1 Å². The maximum Gasteiger partial charge on any atom is 0.523 e. The van der Waals surface area contributed by atoms with Crippen LogP contribution in [0.4, 0.5) is 13.2 Å². The Morgan fingerprint density at radius 1 is 1.31 bits per heavy atom. The molecule has 0 bridgehead atoms. The molecule has 0 spiro atoms. The van der Waals surface area contributed by atoms with E-state index in [-0.39, 0.29) is 19.6 Å². The van der Waals surface area contributed by atoms with Gasteiger partial charge in [-0.2, -0.15) is 21.6 Å². The maximum absolute atomic E-state index is 12.6. The standard InChI is InChI=1S/C16H21F3O6S/c1-12(25-26(21,22)16(17,18)19)15(8-5-9-23-11-15)14(20)24-10-13-6-3-2-4-7-13/h2-4,6-7,12,14,20H,5,8-11H2,1H3. The van der Waals surface area contributed by atoms with Crippen LogP contribution in [-0.2, 0) is 30.4 Å². The van der Waals surface area contributed by atoms with Crippen LogP contribution in [0.15, 0.2) is 30.3 Å². The molecule has 1 aromatic rings. The smallest absolute Gasteiger partial charge is 0.381 e. The first-order valence-electron chi connectivity index (χ1n) is 7.99. The first-order valence-corrected chi connectivity index (χ1v) is 9.40. The van der Waals surface area contributed by atoms with Gasteiger partial charge in [-0.15, -0.1) is 0 Å². The summed E-state index contributed by atoms with van der Waals surface area (Å²) in [6.07, 6.45) is -2.45. The zero-order valence-corrected chi connectivity index (χ0v) is 14.9. The monoisotopic (exact) mass is 398 g/mol. The van der Waals surface area contributed by atoms with Crippen molar-refractivity contribution in [2.75, 3.05) is 13.2 Å². The van der Waals surface area contributed by atoms with Gasteiger partial charge in [-0.05, 0) is 25.3 Å². The van der Waals surface area contributed by atoms with E-state index in [0.29, 0.717) is 13.0 Å². The van der Waals surface area contributed by atoms with Gasteiger partial charge < -0.3 is 14.6 Å². The van der Waals surface area contributed by atoms with E-state index >= 15 is 0 Å². The number of alkyl halides is 3. The summed E-state index contributed by atoms with van der Waals surface area (Å²) in [6.45, 7) is 1.33. The normalized spacial score (nSPS) is 24.2. The Labute approximate surface area is 150 Å². The van der Waals surface area contributed by atoms with Gasteiger partial charge in [0.2, 0.25) is 0 Å². The number of ether oxygens (including phenoxy) is 2. The SMILES string of the molecule is CC(OS(=O)(=O)C(F)(F)F)C1(C(O)OCc2ccccc2)CCCOC1. The van der Waals surface area contributed by atoms with Gasteiger partial charge in [0.25, 0.3) is 0 Å². The first-order chi connectivity index (χ1) is 12.1. The third-order valence-corrected chi connectivity index (χ3v) is 5.52. The molecule has 1 heterocycles. The largest absolute Gasteiger partial charge is 0.523 e. The molecule has 1 aromatic carbocycles.